The molecule has 0 saturated carbocycles. The molecule has 0 unspecified atom stereocenters. The fourth-order valence-electron chi connectivity index (χ4n) is 3.88. The van der Waals surface area contributed by atoms with Crippen LogP contribution in [0.5, 0.6) is 0 Å². The molecule has 3 N–H and O–H groups in total. The smallest absolute Gasteiger partial charge is 0.255 e. The number of nitrogens with two attached hydrogens (primary N) is 1. The highest BCUT2D eigenvalue weighted by molar-refractivity contribution is 5.99. The summed E-state index contributed by atoms with van der Waals surface area (Å²) < 4.78 is 1.72. The van der Waals surface area contributed by atoms with Crippen LogP contribution in [0.1, 0.15) is 34.8 Å². The Morgan fingerprint density at radius 3 is 2.67 bits per heavy atom. The zero-order valence-electron chi connectivity index (χ0n) is 17.5. The highest BCUT2D eigenvalue weighted by atomic mass is 16.1. The number of benzene rings is 1. The van der Waals surface area contributed by atoms with Gasteiger partial charge >= 0.3 is 0 Å². The van der Waals surface area contributed by atoms with Gasteiger partial charge in [0.25, 0.3) is 5.91 Å². The van der Waals surface area contributed by atoms with Gasteiger partial charge in [-0.25, -0.2) is 4.98 Å². The minimum atomic E-state index is -0.176. The van der Waals surface area contributed by atoms with Crippen LogP contribution in [-0.4, -0.2) is 44.7 Å². The third-order valence-electron chi connectivity index (χ3n) is 5.65. The normalized spacial score (nSPS) is 16.7. The van der Waals surface area contributed by atoms with Crippen molar-refractivity contribution in [2.24, 2.45) is 7.05 Å². The average Bonchev–Trinajstić information content (AvgIpc) is 3.37. The van der Waals surface area contributed by atoms with Crippen molar-refractivity contribution in [1.29, 1.82) is 0 Å². The summed E-state index contributed by atoms with van der Waals surface area (Å²) in [6.07, 6.45) is 7.28. The summed E-state index contributed by atoms with van der Waals surface area (Å²) in [6, 6.07) is 10.7. The number of carbonyl (C=O) groups is 1. The van der Waals surface area contributed by atoms with Crippen LogP contribution in [0, 0.1) is 0 Å². The van der Waals surface area contributed by atoms with Gasteiger partial charge in [0.1, 0.15) is 5.82 Å². The summed E-state index contributed by atoms with van der Waals surface area (Å²) >= 11 is 0. The molecule has 3 aromatic rings. The van der Waals surface area contributed by atoms with Crippen LogP contribution < -0.4 is 11.1 Å². The second-order valence-electron chi connectivity index (χ2n) is 7.92. The first kappa shape index (κ1) is 20.1. The largest absolute Gasteiger partial charge is 0.383 e. The van der Waals surface area contributed by atoms with Crippen LogP contribution in [0.15, 0.2) is 48.9 Å². The Labute approximate surface area is 176 Å². The van der Waals surface area contributed by atoms with E-state index in [0.717, 1.165) is 43.6 Å². The van der Waals surface area contributed by atoms with Gasteiger partial charge in [0.15, 0.2) is 0 Å². The van der Waals surface area contributed by atoms with E-state index in [1.54, 1.807) is 23.1 Å². The van der Waals surface area contributed by atoms with E-state index in [-0.39, 0.29) is 17.8 Å². The predicted molar refractivity (Wildman–Crippen MR) is 118 cm³/mol. The van der Waals surface area contributed by atoms with Gasteiger partial charge in [-0.2, -0.15) is 5.10 Å². The average molecular weight is 405 g/mol. The first-order chi connectivity index (χ1) is 14.5. The number of nitrogens with one attached hydrogen (secondary N) is 1. The number of nitrogen functional groups attached to an aromatic ring is 1. The number of pyridine rings is 1. The van der Waals surface area contributed by atoms with E-state index in [1.807, 2.05) is 13.2 Å². The van der Waals surface area contributed by atoms with Crippen LogP contribution >= 0.6 is 0 Å². The number of carbonyl (C=O) groups excluding carboxylic acids is 1. The minimum absolute atomic E-state index is 0.105. The third-order valence-corrected chi connectivity index (χ3v) is 5.65. The molecule has 1 amide bonds. The van der Waals surface area contributed by atoms with Crippen LogP contribution in [0.25, 0.3) is 11.1 Å². The molecule has 0 spiro atoms. The maximum Gasteiger partial charge on any atom is 0.255 e. The Bertz CT molecular complexity index is 1030. The molecular weight excluding hydrogens is 376 g/mol. The van der Waals surface area contributed by atoms with Gasteiger partial charge in [0.05, 0.1) is 11.8 Å². The van der Waals surface area contributed by atoms with Gasteiger partial charge in [-0.1, -0.05) is 31.2 Å². The van der Waals surface area contributed by atoms with Gasteiger partial charge in [0.2, 0.25) is 0 Å². The second-order valence-corrected chi connectivity index (χ2v) is 7.92. The lowest BCUT2D eigenvalue weighted by Gasteiger charge is -2.17. The van der Waals surface area contributed by atoms with Gasteiger partial charge in [-0.05, 0) is 30.0 Å². The summed E-state index contributed by atoms with van der Waals surface area (Å²) in [5, 5.41) is 7.31. The summed E-state index contributed by atoms with van der Waals surface area (Å²) in [5.74, 6) is 0.0656. The van der Waals surface area contributed by atoms with Gasteiger partial charge in [0, 0.05) is 56.2 Å². The molecule has 4 rings (SSSR count). The molecule has 0 bridgehead atoms. The molecule has 1 aliphatic heterocycles. The molecule has 0 aliphatic carbocycles. The molecule has 1 saturated heterocycles. The number of aryl methyl sites for hydroxylation is 2. The number of anilines is 1. The van der Waals surface area contributed by atoms with E-state index in [4.69, 9.17) is 5.73 Å². The zero-order valence-corrected chi connectivity index (χ0v) is 17.5. The van der Waals surface area contributed by atoms with Crippen LogP contribution in [-0.2, 0) is 20.0 Å². The highest BCUT2D eigenvalue weighted by Crippen LogP contribution is 2.22. The topological polar surface area (TPSA) is 89.1 Å². The Morgan fingerprint density at radius 1 is 1.20 bits per heavy atom. The third kappa shape index (κ3) is 4.52. The minimum Gasteiger partial charge on any atom is -0.383 e. The number of nitrogens with zero attached hydrogens (tertiary/aromatic N) is 4. The van der Waals surface area contributed by atoms with Crippen molar-refractivity contribution in [1.82, 2.24) is 25.0 Å². The van der Waals surface area contributed by atoms with Crippen LogP contribution in [0.2, 0.25) is 0 Å². The van der Waals surface area contributed by atoms with E-state index < -0.39 is 0 Å². The lowest BCUT2D eigenvalue weighted by Crippen LogP contribution is -2.37. The molecule has 2 aromatic heterocycles. The van der Waals surface area contributed by atoms with E-state index >= 15 is 0 Å². The SMILES string of the molecule is CCc1ccc(CN2CC[C@@H](NC(=O)c3cc(-c4cnn(C)c4)cnc3N)C2)cc1. The molecular formula is C23H28N6O. The Kier molecular flexibility index (Phi) is 5.81. The van der Waals surface area contributed by atoms with Crippen molar-refractivity contribution in [3.8, 4) is 11.1 Å². The van der Waals surface area contributed by atoms with Crippen molar-refractivity contribution in [2.75, 3.05) is 18.8 Å². The van der Waals surface area contributed by atoms with E-state index in [1.165, 1.54) is 11.1 Å². The number of likely N-dealkylation sites (tertiary alicyclic amines) is 1. The fraction of sp³-hybridized carbons (Fsp3) is 0.348. The summed E-state index contributed by atoms with van der Waals surface area (Å²) in [6.45, 7) is 4.86. The standard InChI is InChI=1S/C23H28N6O/c1-3-16-4-6-17(7-5-16)13-29-9-8-20(15-29)27-23(30)21-10-18(11-25-22(21)24)19-12-26-28(2)14-19/h4-7,10-12,14,20H,3,8-9,13,15H2,1-2H3,(H2,24,25)(H,27,30)/t20-/m1/s1. The second kappa shape index (κ2) is 8.67. The first-order valence-corrected chi connectivity index (χ1v) is 10.4. The van der Waals surface area contributed by atoms with E-state index in [9.17, 15) is 4.79 Å². The molecule has 30 heavy (non-hydrogen) atoms. The van der Waals surface area contributed by atoms with E-state index in [0.29, 0.717) is 5.56 Å². The van der Waals surface area contributed by atoms with Crippen LogP contribution in [0.4, 0.5) is 5.82 Å². The van der Waals surface area contributed by atoms with Gasteiger partial charge in [-0.3, -0.25) is 14.4 Å². The zero-order chi connectivity index (χ0) is 21.1. The number of aromatic nitrogens is 3. The lowest BCUT2D eigenvalue weighted by molar-refractivity contribution is 0.0938. The Morgan fingerprint density at radius 2 is 1.97 bits per heavy atom. The molecule has 0 radical (unpaired) electrons. The molecule has 3 heterocycles. The van der Waals surface area contributed by atoms with Crippen LogP contribution in [0.3, 0.4) is 0 Å². The van der Waals surface area contributed by atoms with Crippen molar-refractivity contribution in [2.45, 2.75) is 32.4 Å². The van der Waals surface area contributed by atoms with Gasteiger partial charge in [-0.15, -0.1) is 0 Å². The highest BCUT2D eigenvalue weighted by Gasteiger charge is 2.25. The van der Waals surface area contributed by atoms with Crippen molar-refractivity contribution in [3.05, 3.63) is 65.6 Å². The Hall–Kier alpha value is -3.19. The van der Waals surface area contributed by atoms with Crippen molar-refractivity contribution < 1.29 is 4.79 Å². The molecule has 1 fully saturated rings. The quantitative estimate of drug-likeness (QED) is 0.659. The molecule has 1 aromatic carbocycles. The number of amides is 1. The molecule has 7 heteroatoms. The Balaban J connectivity index is 1.38. The first-order valence-electron chi connectivity index (χ1n) is 10.4. The van der Waals surface area contributed by atoms with Crippen molar-refractivity contribution in [3.63, 3.8) is 0 Å². The summed E-state index contributed by atoms with van der Waals surface area (Å²) in [7, 11) is 1.85. The monoisotopic (exact) mass is 404 g/mol. The molecule has 1 atom stereocenters. The summed E-state index contributed by atoms with van der Waals surface area (Å²) in [4.78, 5) is 19.5. The lowest BCUT2D eigenvalue weighted by atomic mass is 10.1. The summed E-state index contributed by atoms with van der Waals surface area (Å²) in [5.41, 5.74) is 10.8. The van der Waals surface area contributed by atoms with E-state index in [2.05, 4.69) is 51.5 Å². The molecule has 7 nitrogen and oxygen atoms in total. The number of hydrogen-bond donors (Lipinski definition) is 2. The maximum absolute atomic E-state index is 12.9. The number of hydrogen-bond acceptors (Lipinski definition) is 5. The number of rotatable bonds is 6. The van der Waals surface area contributed by atoms with Gasteiger partial charge < -0.3 is 11.1 Å². The fourth-order valence-corrected chi connectivity index (χ4v) is 3.88. The predicted octanol–water partition coefficient (Wildman–Crippen LogP) is 2.63. The molecule has 156 valence electrons. The van der Waals surface area contributed by atoms with Crippen molar-refractivity contribution >= 4 is 11.7 Å². The maximum atomic E-state index is 12.9. The molecule has 1 aliphatic rings.